The summed E-state index contributed by atoms with van der Waals surface area (Å²) in [5.74, 6) is 0.550. The van der Waals surface area contributed by atoms with E-state index in [4.69, 9.17) is 5.73 Å². The van der Waals surface area contributed by atoms with Gasteiger partial charge in [-0.25, -0.2) is 0 Å². The van der Waals surface area contributed by atoms with Crippen molar-refractivity contribution in [2.75, 3.05) is 19.6 Å². The number of hydrogen-bond donors (Lipinski definition) is 1. The van der Waals surface area contributed by atoms with E-state index in [0.29, 0.717) is 18.7 Å². The lowest BCUT2D eigenvalue weighted by Crippen LogP contribution is -2.38. The molecule has 25 heavy (non-hydrogen) atoms. The highest BCUT2D eigenvalue weighted by atomic mass is 16.1. The second-order valence-electron chi connectivity index (χ2n) is 7.06. The largest absolute Gasteiger partial charge is 0.330 e. The molecule has 0 aromatic heterocycles. The molecule has 1 saturated heterocycles. The Bertz CT molecular complexity index is 683. The van der Waals surface area contributed by atoms with Crippen LogP contribution in [0.5, 0.6) is 0 Å². The van der Waals surface area contributed by atoms with Crippen molar-refractivity contribution in [2.24, 2.45) is 11.7 Å². The smallest absolute Gasteiger partial charge is 0.141 e. The lowest BCUT2D eigenvalue weighted by molar-refractivity contribution is -0.123. The van der Waals surface area contributed by atoms with E-state index in [2.05, 4.69) is 29.2 Å². The minimum atomic E-state index is 0.168. The Morgan fingerprint density at radius 1 is 1.04 bits per heavy atom. The highest BCUT2D eigenvalue weighted by molar-refractivity contribution is 5.83. The summed E-state index contributed by atoms with van der Waals surface area (Å²) in [5.41, 5.74) is 9.41. The zero-order valence-electron chi connectivity index (χ0n) is 14.9. The van der Waals surface area contributed by atoms with Crippen LogP contribution < -0.4 is 5.73 Å². The molecule has 0 amide bonds. The number of carbonyl (C=O) groups excluding carboxylic acids is 1. The van der Waals surface area contributed by atoms with E-state index < -0.39 is 0 Å². The van der Waals surface area contributed by atoms with Crippen LogP contribution in [0.15, 0.2) is 54.6 Å². The van der Waals surface area contributed by atoms with Crippen LogP contribution in [0.25, 0.3) is 0 Å². The zero-order valence-corrected chi connectivity index (χ0v) is 14.9. The second-order valence-corrected chi connectivity index (χ2v) is 7.06. The zero-order chi connectivity index (χ0) is 17.5. The SMILES string of the molecule is NCCc1cccc(CN2CCC[C@@H](C(=O)Cc3ccccc3)C2)c1. The molecular weight excluding hydrogens is 308 g/mol. The number of rotatable bonds is 7. The number of carbonyl (C=O) groups is 1. The fourth-order valence-corrected chi connectivity index (χ4v) is 3.71. The van der Waals surface area contributed by atoms with Gasteiger partial charge in [0, 0.05) is 25.4 Å². The standard InChI is InChI=1S/C22H28N2O/c23-12-11-19-8-4-9-20(14-19)16-24-13-5-10-21(17-24)22(25)15-18-6-2-1-3-7-18/h1-4,6-9,14,21H,5,10-13,15-17,23H2/t21-/m1/s1. The molecule has 2 N–H and O–H groups in total. The first kappa shape index (κ1) is 17.8. The number of likely N-dealkylation sites (tertiary alicyclic amines) is 1. The van der Waals surface area contributed by atoms with Crippen LogP contribution in [-0.2, 0) is 24.2 Å². The molecule has 1 aliphatic rings. The van der Waals surface area contributed by atoms with Gasteiger partial charge in [-0.05, 0) is 49.0 Å². The number of nitrogens with two attached hydrogens (primary N) is 1. The summed E-state index contributed by atoms with van der Waals surface area (Å²) in [7, 11) is 0. The van der Waals surface area contributed by atoms with Crippen LogP contribution in [0.1, 0.15) is 29.5 Å². The number of benzene rings is 2. The first-order valence-electron chi connectivity index (χ1n) is 9.31. The molecule has 3 heteroatoms. The van der Waals surface area contributed by atoms with Crippen molar-refractivity contribution < 1.29 is 4.79 Å². The van der Waals surface area contributed by atoms with Crippen molar-refractivity contribution in [2.45, 2.75) is 32.2 Å². The number of Topliss-reactive ketones (excluding diaryl/α,β-unsaturated/α-hetero) is 1. The number of piperidine rings is 1. The van der Waals surface area contributed by atoms with Gasteiger partial charge in [-0.1, -0.05) is 54.6 Å². The fraction of sp³-hybridized carbons (Fsp3) is 0.409. The highest BCUT2D eigenvalue weighted by Gasteiger charge is 2.25. The van der Waals surface area contributed by atoms with Crippen LogP contribution in [0.4, 0.5) is 0 Å². The molecule has 132 valence electrons. The Morgan fingerprint density at radius 2 is 1.80 bits per heavy atom. The van der Waals surface area contributed by atoms with Crippen LogP contribution in [0, 0.1) is 5.92 Å². The normalized spacial score (nSPS) is 18.2. The van der Waals surface area contributed by atoms with Crippen molar-refractivity contribution in [3.8, 4) is 0 Å². The Morgan fingerprint density at radius 3 is 2.60 bits per heavy atom. The van der Waals surface area contributed by atoms with Gasteiger partial charge in [-0.15, -0.1) is 0 Å². The minimum absolute atomic E-state index is 0.168. The molecule has 2 aromatic carbocycles. The summed E-state index contributed by atoms with van der Waals surface area (Å²) in [6.07, 6.45) is 3.61. The number of hydrogen-bond acceptors (Lipinski definition) is 3. The van der Waals surface area contributed by atoms with Crippen LogP contribution >= 0.6 is 0 Å². The predicted molar refractivity (Wildman–Crippen MR) is 102 cm³/mol. The Labute approximate surface area is 150 Å². The molecule has 0 unspecified atom stereocenters. The van der Waals surface area contributed by atoms with E-state index in [1.54, 1.807) is 0 Å². The molecule has 0 aliphatic carbocycles. The Hall–Kier alpha value is -1.97. The van der Waals surface area contributed by atoms with Crippen molar-refractivity contribution in [1.82, 2.24) is 4.90 Å². The summed E-state index contributed by atoms with van der Waals surface area (Å²) in [5, 5.41) is 0. The lowest BCUT2D eigenvalue weighted by Gasteiger charge is -2.32. The molecule has 3 nitrogen and oxygen atoms in total. The number of ketones is 1. The molecule has 1 fully saturated rings. The van der Waals surface area contributed by atoms with Crippen molar-refractivity contribution in [3.63, 3.8) is 0 Å². The van der Waals surface area contributed by atoms with Crippen LogP contribution in [-0.4, -0.2) is 30.3 Å². The van der Waals surface area contributed by atoms with Crippen molar-refractivity contribution in [1.29, 1.82) is 0 Å². The van der Waals surface area contributed by atoms with Crippen LogP contribution in [0.3, 0.4) is 0 Å². The molecule has 1 heterocycles. The quantitative estimate of drug-likeness (QED) is 0.844. The maximum atomic E-state index is 12.7. The van der Waals surface area contributed by atoms with Gasteiger partial charge in [-0.3, -0.25) is 9.69 Å². The van der Waals surface area contributed by atoms with Gasteiger partial charge in [0.25, 0.3) is 0 Å². The molecule has 0 spiro atoms. The summed E-state index contributed by atoms with van der Waals surface area (Å²) in [6, 6.07) is 18.8. The van der Waals surface area contributed by atoms with E-state index in [0.717, 1.165) is 44.5 Å². The van der Waals surface area contributed by atoms with Gasteiger partial charge in [0.2, 0.25) is 0 Å². The maximum absolute atomic E-state index is 12.7. The molecule has 1 atom stereocenters. The second kappa shape index (κ2) is 8.93. The third kappa shape index (κ3) is 5.25. The van der Waals surface area contributed by atoms with E-state index in [1.165, 1.54) is 11.1 Å². The molecule has 1 aliphatic heterocycles. The minimum Gasteiger partial charge on any atom is -0.330 e. The van der Waals surface area contributed by atoms with Gasteiger partial charge in [0.05, 0.1) is 0 Å². The Kier molecular flexibility index (Phi) is 6.37. The van der Waals surface area contributed by atoms with E-state index in [-0.39, 0.29) is 5.92 Å². The van der Waals surface area contributed by atoms with E-state index >= 15 is 0 Å². The summed E-state index contributed by atoms with van der Waals surface area (Å²) < 4.78 is 0. The molecule has 0 bridgehead atoms. The van der Waals surface area contributed by atoms with Gasteiger partial charge in [-0.2, -0.15) is 0 Å². The molecule has 2 aromatic rings. The Balaban J connectivity index is 1.57. The maximum Gasteiger partial charge on any atom is 0.141 e. The molecule has 0 saturated carbocycles. The molecule has 3 rings (SSSR count). The number of nitrogens with zero attached hydrogens (tertiary/aromatic N) is 1. The summed E-state index contributed by atoms with van der Waals surface area (Å²) >= 11 is 0. The third-order valence-electron chi connectivity index (χ3n) is 5.01. The highest BCUT2D eigenvalue weighted by Crippen LogP contribution is 2.21. The van der Waals surface area contributed by atoms with Crippen molar-refractivity contribution in [3.05, 3.63) is 71.3 Å². The fourth-order valence-electron chi connectivity index (χ4n) is 3.71. The van der Waals surface area contributed by atoms with Crippen LogP contribution in [0.2, 0.25) is 0 Å². The molecule has 0 radical (unpaired) electrons. The van der Waals surface area contributed by atoms with Gasteiger partial charge < -0.3 is 5.73 Å². The van der Waals surface area contributed by atoms with E-state index in [9.17, 15) is 4.79 Å². The predicted octanol–water partition coefficient (Wildman–Crippen LogP) is 3.21. The first-order valence-corrected chi connectivity index (χ1v) is 9.31. The summed E-state index contributed by atoms with van der Waals surface area (Å²) in [6.45, 7) is 3.57. The van der Waals surface area contributed by atoms with E-state index in [1.807, 2.05) is 30.3 Å². The lowest BCUT2D eigenvalue weighted by atomic mass is 9.90. The van der Waals surface area contributed by atoms with Crippen molar-refractivity contribution >= 4 is 5.78 Å². The summed E-state index contributed by atoms with van der Waals surface area (Å²) in [4.78, 5) is 15.1. The topological polar surface area (TPSA) is 46.3 Å². The molecular formula is C22H28N2O. The average Bonchev–Trinajstić information content (AvgIpc) is 2.63. The first-order chi connectivity index (χ1) is 12.2. The monoisotopic (exact) mass is 336 g/mol. The van der Waals surface area contributed by atoms with Gasteiger partial charge >= 0.3 is 0 Å². The average molecular weight is 336 g/mol. The van der Waals surface area contributed by atoms with Gasteiger partial charge in [0.1, 0.15) is 5.78 Å². The van der Waals surface area contributed by atoms with Gasteiger partial charge in [0.15, 0.2) is 0 Å². The third-order valence-corrected chi connectivity index (χ3v) is 5.01.